The summed E-state index contributed by atoms with van der Waals surface area (Å²) in [5.74, 6) is 0. The molecule has 0 amide bonds. The van der Waals surface area contributed by atoms with Crippen LogP contribution in [0.15, 0.2) is 92.0 Å². The van der Waals surface area contributed by atoms with E-state index < -0.39 is 0 Å². The van der Waals surface area contributed by atoms with Crippen molar-refractivity contribution >= 4 is 65.2 Å². The quantitative estimate of drug-likeness (QED) is 0.194. The van der Waals surface area contributed by atoms with Crippen LogP contribution >= 0.6 is 0 Å². The summed E-state index contributed by atoms with van der Waals surface area (Å²) in [6.45, 7) is 0. The van der Waals surface area contributed by atoms with Gasteiger partial charge in [-0.1, -0.05) is 48.5 Å². The van der Waals surface area contributed by atoms with Crippen molar-refractivity contribution in [1.82, 2.24) is 0 Å². The highest BCUT2D eigenvalue weighted by Gasteiger charge is 2.30. The lowest BCUT2D eigenvalue weighted by molar-refractivity contribution is -0.657. The normalized spacial score (nSPS) is 12.1. The van der Waals surface area contributed by atoms with Crippen LogP contribution in [0.1, 0.15) is 0 Å². The molecule has 0 aliphatic carbocycles. The molecule has 6 heteroatoms. The Labute approximate surface area is 202 Å². The molecule has 6 aromatic carbocycles. The van der Waals surface area contributed by atoms with Gasteiger partial charge in [0.1, 0.15) is 24.9 Å². The van der Waals surface area contributed by atoms with Crippen LogP contribution in [0.3, 0.4) is 0 Å². The summed E-state index contributed by atoms with van der Waals surface area (Å²) in [6.07, 6.45) is 0. The number of aromatic nitrogens is 2. The molecule has 170 valence electrons. The average molecular weight is 470 g/mol. The Morgan fingerprint density at radius 3 is 1.11 bits per heavy atom. The first kappa shape index (κ1) is 20.5. The molecule has 0 bridgehead atoms. The van der Waals surface area contributed by atoms with Crippen LogP contribution in [0.2, 0.25) is 0 Å². The van der Waals surface area contributed by atoms with E-state index in [9.17, 15) is 19.2 Å². The molecule has 0 aliphatic heterocycles. The van der Waals surface area contributed by atoms with E-state index in [4.69, 9.17) is 0 Å². The molecule has 0 spiro atoms. The van der Waals surface area contributed by atoms with E-state index in [1.807, 2.05) is 23.2 Å². The highest BCUT2D eigenvalue weighted by Crippen LogP contribution is 2.24. The Morgan fingerprint density at radius 1 is 0.417 bits per heavy atom. The van der Waals surface area contributed by atoms with Gasteiger partial charge in [-0.05, 0) is 12.1 Å². The van der Waals surface area contributed by atoms with Gasteiger partial charge < -0.3 is 0 Å². The first-order chi connectivity index (χ1) is 17.4. The molecule has 0 saturated carbocycles. The zero-order valence-corrected chi connectivity index (χ0v) is 19.5. The van der Waals surface area contributed by atoms with Crippen molar-refractivity contribution in [1.29, 1.82) is 0 Å². The van der Waals surface area contributed by atoms with Crippen molar-refractivity contribution in [2.24, 2.45) is 14.1 Å². The van der Waals surface area contributed by atoms with E-state index in [0.717, 1.165) is 0 Å². The van der Waals surface area contributed by atoms with Crippen LogP contribution in [0.4, 0.5) is 0 Å². The van der Waals surface area contributed by atoms with Gasteiger partial charge in [-0.15, -0.1) is 0 Å². The highest BCUT2D eigenvalue weighted by molar-refractivity contribution is 6.11. The molecule has 36 heavy (non-hydrogen) atoms. The van der Waals surface area contributed by atoms with Crippen LogP contribution in [0, 0.1) is 0 Å². The Hall–Kier alpha value is -4.84. The number of rotatable bonds is 0. The first-order valence-corrected chi connectivity index (χ1v) is 11.6. The predicted molar refractivity (Wildman–Crippen MR) is 141 cm³/mol. The number of aryl methyl sites for hydroxylation is 2. The fourth-order valence-corrected chi connectivity index (χ4v) is 5.78. The Kier molecular flexibility index (Phi) is 3.91. The average Bonchev–Trinajstić information content (AvgIpc) is 2.92. The maximum atomic E-state index is 13.7. The fourth-order valence-electron chi connectivity index (χ4n) is 5.78. The molecule has 0 radical (unpaired) electrons. The lowest BCUT2D eigenvalue weighted by atomic mass is 9.99. The van der Waals surface area contributed by atoms with Gasteiger partial charge in [0.25, 0.3) is 22.1 Å². The Morgan fingerprint density at radius 2 is 0.750 bits per heavy atom. The lowest BCUT2D eigenvalue weighted by Crippen LogP contribution is -2.42. The van der Waals surface area contributed by atoms with Crippen LogP contribution in [-0.4, -0.2) is 0 Å². The summed E-state index contributed by atoms with van der Waals surface area (Å²) >= 11 is 0. The Bertz CT molecular complexity index is 2200. The van der Waals surface area contributed by atoms with E-state index in [1.165, 1.54) is 0 Å². The third-order valence-corrected chi connectivity index (χ3v) is 7.48. The van der Waals surface area contributed by atoms with Crippen molar-refractivity contribution in [2.45, 2.75) is 0 Å². The molecule has 1 aromatic heterocycles. The summed E-state index contributed by atoms with van der Waals surface area (Å²) < 4.78 is 3.70. The molecule has 6 nitrogen and oxygen atoms in total. The standard InChI is InChI=1S/C30H18N2O4/c1-31-21-13-11-20-24(30(36)18-10-6-4-8-16(18)28(20)34)26(21)32(2)22-14-12-19-23(25(22)31)29(35)17-9-5-3-7-15(17)27(19)33/h3-14H,1-2H3/q+2. The van der Waals surface area contributed by atoms with Crippen LogP contribution in [0.5, 0.6) is 0 Å². The molecular formula is C30H18N2O4+2. The van der Waals surface area contributed by atoms with E-state index in [-0.39, 0.29) is 21.7 Å². The number of benzene rings is 6. The van der Waals surface area contributed by atoms with Gasteiger partial charge in [-0.3, -0.25) is 19.2 Å². The SMILES string of the molecule is C[n+]1c2ccc3c(=O)c4ccccc4c(=O)c3c2[n+](C)c2ccc3c(=O)c4ccccc4c(=O)c3c21. The molecule has 7 aromatic rings. The summed E-state index contributed by atoms with van der Waals surface area (Å²) in [4.78, 5) is 53.9. The van der Waals surface area contributed by atoms with Gasteiger partial charge in [-0.25, -0.2) is 0 Å². The molecule has 0 unspecified atom stereocenters. The minimum absolute atomic E-state index is 0.187. The lowest BCUT2D eigenvalue weighted by Gasteiger charge is -2.07. The van der Waals surface area contributed by atoms with Crippen LogP contribution in [-0.2, 0) is 14.1 Å². The van der Waals surface area contributed by atoms with Gasteiger partial charge >= 0.3 is 0 Å². The van der Waals surface area contributed by atoms with E-state index in [2.05, 4.69) is 0 Å². The van der Waals surface area contributed by atoms with Gasteiger partial charge in [-0.2, -0.15) is 9.13 Å². The monoisotopic (exact) mass is 470 g/mol. The summed E-state index contributed by atoms with van der Waals surface area (Å²) in [6, 6.07) is 20.7. The van der Waals surface area contributed by atoms with Gasteiger partial charge in [0, 0.05) is 44.5 Å². The molecule has 0 N–H and O–H groups in total. The van der Waals surface area contributed by atoms with E-state index in [0.29, 0.717) is 65.2 Å². The minimum Gasteiger partial charge on any atom is -0.289 e. The van der Waals surface area contributed by atoms with Crippen molar-refractivity contribution < 1.29 is 9.13 Å². The predicted octanol–water partition coefficient (Wildman–Crippen LogP) is 2.57. The second-order valence-electron chi connectivity index (χ2n) is 9.24. The molecule has 7 rings (SSSR count). The van der Waals surface area contributed by atoms with Crippen molar-refractivity contribution in [3.05, 3.63) is 114 Å². The van der Waals surface area contributed by atoms with E-state index in [1.54, 1.807) is 72.8 Å². The smallest absolute Gasteiger partial charge is 0.289 e. The third kappa shape index (κ3) is 2.35. The van der Waals surface area contributed by atoms with Gasteiger partial charge in [0.15, 0.2) is 10.9 Å². The zero-order chi connectivity index (χ0) is 24.9. The number of nitrogens with zero attached hydrogens (tertiary/aromatic N) is 2. The minimum atomic E-state index is -0.209. The van der Waals surface area contributed by atoms with Crippen molar-refractivity contribution in [3.8, 4) is 0 Å². The molecule has 0 atom stereocenters. The molecular weight excluding hydrogens is 452 g/mol. The van der Waals surface area contributed by atoms with Gasteiger partial charge in [0.2, 0.25) is 10.9 Å². The Balaban J connectivity index is 1.80. The third-order valence-electron chi connectivity index (χ3n) is 7.48. The number of hydrogen-bond donors (Lipinski definition) is 0. The summed E-state index contributed by atoms with van der Waals surface area (Å²) in [5, 5.41) is 2.99. The van der Waals surface area contributed by atoms with Crippen molar-refractivity contribution in [3.63, 3.8) is 0 Å². The number of fused-ring (bicyclic) bond motifs is 8. The molecule has 0 aliphatic rings. The van der Waals surface area contributed by atoms with Gasteiger partial charge in [0.05, 0.1) is 0 Å². The summed E-state index contributed by atoms with van der Waals surface area (Å²) in [7, 11) is 3.64. The number of hydrogen-bond acceptors (Lipinski definition) is 4. The van der Waals surface area contributed by atoms with Crippen molar-refractivity contribution in [2.75, 3.05) is 0 Å². The molecule has 0 fully saturated rings. The van der Waals surface area contributed by atoms with E-state index >= 15 is 0 Å². The second kappa shape index (κ2) is 6.86. The maximum absolute atomic E-state index is 13.7. The summed E-state index contributed by atoms with van der Waals surface area (Å²) in [5.41, 5.74) is 1.77. The molecule has 0 saturated heterocycles. The fraction of sp³-hybridized carbons (Fsp3) is 0.0667. The largest absolute Gasteiger partial charge is 0.289 e. The topological polar surface area (TPSA) is 76.0 Å². The first-order valence-electron chi connectivity index (χ1n) is 11.6. The molecule has 1 heterocycles. The maximum Gasteiger partial charge on any atom is 0.289 e. The highest BCUT2D eigenvalue weighted by atomic mass is 16.1. The van der Waals surface area contributed by atoms with Crippen LogP contribution in [0.25, 0.3) is 65.2 Å². The van der Waals surface area contributed by atoms with Crippen LogP contribution < -0.4 is 30.8 Å². The zero-order valence-electron chi connectivity index (χ0n) is 19.5. The second-order valence-corrected chi connectivity index (χ2v) is 9.24.